The van der Waals surface area contributed by atoms with Crippen molar-refractivity contribution in [3.63, 3.8) is 0 Å². The van der Waals surface area contributed by atoms with Gasteiger partial charge >= 0.3 is 0 Å². The van der Waals surface area contributed by atoms with Gasteiger partial charge in [-0.25, -0.2) is 9.97 Å². The van der Waals surface area contributed by atoms with Gasteiger partial charge in [-0.15, -0.1) is 11.8 Å². The van der Waals surface area contributed by atoms with Crippen molar-refractivity contribution in [3.05, 3.63) is 47.4 Å². The van der Waals surface area contributed by atoms with Gasteiger partial charge in [-0.3, -0.25) is 4.79 Å². The Morgan fingerprint density at radius 1 is 1.07 bits per heavy atom. The van der Waals surface area contributed by atoms with Crippen LogP contribution in [0.1, 0.15) is 24.0 Å². The number of likely N-dealkylation sites (N-methyl/N-ethyl adjacent to an activating group) is 1. The maximum atomic E-state index is 12.9. The zero-order valence-electron chi connectivity index (χ0n) is 17.3. The molecule has 2 aliphatic heterocycles. The summed E-state index contributed by atoms with van der Waals surface area (Å²) in [6.07, 6.45) is 0.808. The first-order valence-electron chi connectivity index (χ1n) is 10.4. The lowest BCUT2D eigenvalue weighted by Crippen LogP contribution is -2.47. The summed E-state index contributed by atoms with van der Waals surface area (Å²) in [5, 5.41) is 0. The molecular formula is C22H29N5OS. The third kappa shape index (κ3) is 4.73. The molecule has 0 unspecified atom stereocenters. The Balaban J connectivity index is 1.47. The van der Waals surface area contributed by atoms with E-state index in [1.54, 1.807) is 11.8 Å². The van der Waals surface area contributed by atoms with E-state index in [9.17, 15) is 4.79 Å². The number of hydrogen-bond acceptors (Lipinski definition) is 6. The smallest absolute Gasteiger partial charge is 0.233 e. The molecule has 0 saturated carbocycles. The van der Waals surface area contributed by atoms with Crippen molar-refractivity contribution in [1.82, 2.24) is 19.8 Å². The van der Waals surface area contributed by atoms with Crippen LogP contribution in [0, 0.1) is 6.92 Å². The van der Waals surface area contributed by atoms with Crippen molar-refractivity contribution in [2.24, 2.45) is 0 Å². The largest absolute Gasteiger partial charge is 0.354 e. The van der Waals surface area contributed by atoms with E-state index >= 15 is 0 Å². The Hall–Kier alpha value is -2.12. The topological polar surface area (TPSA) is 52.6 Å². The molecular weight excluding hydrogens is 382 g/mol. The van der Waals surface area contributed by atoms with E-state index in [1.165, 1.54) is 0 Å². The average Bonchev–Trinajstić information content (AvgIpc) is 2.77. The van der Waals surface area contributed by atoms with Crippen LogP contribution in [0.15, 0.2) is 35.2 Å². The number of carbonyl (C=O) groups excluding carboxylic acids is 1. The van der Waals surface area contributed by atoms with E-state index in [1.807, 2.05) is 42.2 Å². The highest BCUT2D eigenvalue weighted by Gasteiger charge is 2.28. The van der Waals surface area contributed by atoms with E-state index < -0.39 is 0 Å². The molecule has 0 bridgehead atoms. The molecule has 3 heterocycles. The van der Waals surface area contributed by atoms with E-state index in [0.29, 0.717) is 12.3 Å². The van der Waals surface area contributed by atoms with Gasteiger partial charge in [0.1, 0.15) is 11.6 Å². The minimum absolute atomic E-state index is 0.187. The maximum absolute atomic E-state index is 12.9. The van der Waals surface area contributed by atoms with Gasteiger partial charge in [0.15, 0.2) is 0 Å². The molecule has 0 atom stereocenters. The third-order valence-electron chi connectivity index (χ3n) is 5.73. The van der Waals surface area contributed by atoms with Gasteiger partial charge in [-0.05, 0) is 25.6 Å². The lowest BCUT2D eigenvalue weighted by molar-refractivity contribution is -0.129. The van der Waals surface area contributed by atoms with Crippen LogP contribution in [-0.4, -0.2) is 70.7 Å². The van der Waals surface area contributed by atoms with E-state index in [0.717, 1.165) is 73.5 Å². The maximum Gasteiger partial charge on any atom is 0.233 e. The molecule has 1 fully saturated rings. The molecule has 0 N–H and O–H groups in total. The van der Waals surface area contributed by atoms with Crippen LogP contribution in [0.5, 0.6) is 0 Å². The zero-order valence-corrected chi connectivity index (χ0v) is 18.1. The van der Waals surface area contributed by atoms with Crippen molar-refractivity contribution >= 4 is 23.5 Å². The second-order valence-electron chi connectivity index (χ2n) is 7.61. The molecule has 0 radical (unpaired) electrons. The van der Waals surface area contributed by atoms with Crippen molar-refractivity contribution in [2.45, 2.75) is 31.7 Å². The summed E-state index contributed by atoms with van der Waals surface area (Å²) in [4.78, 5) is 30.3. The number of rotatable bonds is 5. The van der Waals surface area contributed by atoms with E-state index in [4.69, 9.17) is 9.97 Å². The summed E-state index contributed by atoms with van der Waals surface area (Å²) in [6, 6.07) is 10.1. The van der Waals surface area contributed by atoms with Crippen LogP contribution in [-0.2, 0) is 17.8 Å². The molecule has 2 aromatic rings. The van der Waals surface area contributed by atoms with Crippen LogP contribution < -0.4 is 4.90 Å². The van der Waals surface area contributed by atoms with E-state index in [2.05, 4.69) is 16.7 Å². The molecule has 1 aromatic heterocycles. The number of fused-ring (bicyclic) bond motifs is 1. The number of aromatic nitrogens is 2. The molecule has 6 nitrogen and oxygen atoms in total. The van der Waals surface area contributed by atoms with Crippen LogP contribution in [0.4, 0.5) is 5.82 Å². The van der Waals surface area contributed by atoms with Gasteiger partial charge in [0, 0.05) is 49.6 Å². The first-order chi connectivity index (χ1) is 14.1. The van der Waals surface area contributed by atoms with Crippen LogP contribution in [0.2, 0.25) is 0 Å². The number of hydrogen-bond donors (Lipinski definition) is 0. The monoisotopic (exact) mass is 411 g/mol. The van der Waals surface area contributed by atoms with Crippen LogP contribution in [0.3, 0.4) is 0 Å². The minimum Gasteiger partial charge on any atom is -0.354 e. The highest BCUT2D eigenvalue weighted by molar-refractivity contribution is 8.00. The Labute approximate surface area is 177 Å². The molecule has 1 aromatic carbocycles. The molecule has 4 rings (SSSR count). The Kier molecular flexibility index (Phi) is 6.35. The molecule has 0 aliphatic carbocycles. The second-order valence-corrected chi connectivity index (χ2v) is 8.66. The number of benzene rings is 1. The number of aryl methyl sites for hydroxylation is 1. The van der Waals surface area contributed by atoms with Gasteiger partial charge in [0.2, 0.25) is 5.91 Å². The van der Waals surface area contributed by atoms with Crippen molar-refractivity contribution in [1.29, 1.82) is 0 Å². The predicted octanol–water partition coefficient (Wildman–Crippen LogP) is 2.60. The first kappa shape index (κ1) is 20.2. The summed E-state index contributed by atoms with van der Waals surface area (Å²) in [7, 11) is 0. The lowest BCUT2D eigenvalue weighted by Gasteiger charge is -2.37. The Bertz CT molecular complexity index is 852. The minimum atomic E-state index is 0.187. The fourth-order valence-corrected chi connectivity index (χ4v) is 4.84. The summed E-state index contributed by atoms with van der Waals surface area (Å²) in [5.41, 5.74) is 2.26. The predicted molar refractivity (Wildman–Crippen MR) is 117 cm³/mol. The molecule has 1 amide bonds. The van der Waals surface area contributed by atoms with Crippen LogP contribution in [0.25, 0.3) is 0 Å². The fourth-order valence-electron chi connectivity index (χ4n) is 4.02. The number of piperazine rings is 1. The molecule has 1 saturated heterocycles. The van der Waals surface area contributed by atoms with Gasteiger partial charge in [0.25, 0.3) is 0 Å². The zero-order chi connectivity index (χ0) is 20.2. The Morgan fingerprint density at radius 3 is 2.55 bits per heavy atom. The SMILES string of the molecule is CCN1CCN(c2nc(C)nc3c2CN(C(=O)CSc2ccccc2)CC3)CC1. The molecule has 29 heavy (non-hydrogen) atoms. The van der Waals surface area contributed by atoms with Crippen molar-refractivity contribution in [2.75, 3.05) is 49.9 Å². The average molecular weight is 412 g/mol. The number of thioether (sulfide) groups is 1. The van der Waals surface area contributed by atoms with Gasteiger partial charge in [0.05, 0.1) is 18.0 Å². The molecule has 0 spiro atoms. The summed E-state index contributed by atoms with van der Waals surface area (Å²) >= 11 is 1.60. The van der Waals surface area contributed by atoms with Gasteiger partial charge in [-0.1, -0.05) is 25.1 Å². The van der Waals surface area contributed by atoms with Gasteiger partial charge in [-0.2, -0.15) is 0 Å². The molecule has 7 heteroatoms. The Morgan fingerprint density at radius 2 is 1.83 bits per heavy atom. The van der Waals surface area contributed by atoms with Crippen LogP contribution >= 0.6 is 11.8 Å². The highest BCUT2D eigenvalue weighted by Crippen LogP contribution is 2.28. The highest BCUT2D eigenvalue weighted by atomic mass is 32.2. The van der Waals surface area contributed by atoms with E-state index in [-0.39, 0.29) is 5.91 Å². The molecule has 154 valence electrons. The normalized spacial score (nSPS) is 17.3. The number of nitrogens with zero attached hydrogens (tertiary/aromatic N) is 5. The van der Waals surface area contributed by atoms with Crippen molar-refractivity contribution < 1.29 is 4.79 Å². The second kappa shape index (κ2) is 9.13. The van der Waals surface area contributed by atoms with Gasteiger partial charge < -0.3 is 14.7 Å². The lowest BCUT2D eigenvalue weighted by atomic mass is 10.0. The third-order valence-corrected chi connectivity index (χ3v) is 6.72. The quantitative estimate of drug-likeness (QED) is 0.705. The summed E-state index contributed by atoms with van der Waals surface area (Å²) < 4.78 is 0. The summed E-state index contributed by atoms with van der Waals surface area (Å²) in [5.74, 6) is 2.52. The summed E-state index contributed by atoms with van der Waals surface area (Å²) in [6.45, 7) is 10.7. The number of carbonyl (C=O) groups is 1. The standard InChI is InChI=1S/C22H29N5OS/c1-3-25-11-13-26(14-12-25)22-19-15-27(10-9-20(19)23-17(2)24-22)21(28)16-29-18-7-5-4-6-8-18/h4-8H,3,9-16H2,1-2H3. The number of amides is 1. The first-order valence-corrected chi connectivity index (χ1v) is 11.4. The number of anilines is 1. The van der Waals surface area contributed by atoms with Crippen molar-refractivity contribution in [3.8, 4) is 0 Å². The molecule has 2 aliphatic rings. The fraction of sp³-hybridized carbons (Fsp3) is 0.500.